The molecule has 9 radical (unpaired) electrons. The summed E-state index contributed by atoms with van der Waals surface area (Å²) in [5.74, 6) is 0. The van der Waals surface area contributed by atoms with Crippen LogP contribution in [0.3, 0.4) is 0 Å². The molecule has 17 valence electrons. The normalized spacial score (nSPS) is 0. The van der Waals surface area contributed by atoms with E-state index >= 15 is 0 Å². The Morgan fingerprint density at radius 2 is 1.00 bits per heavy atom. The summed E-state index contributed by atoms with van der Waals surface area (Å²) in [6.07, 6.45) is 0. The van der Waals surface area contributed by atoms with E-state index in [2.05, 4.69) is 0 Å². The Balaban J connectivity index is 0. The molecule has 0 aliphatic rings. The topological polar surface area (TPSA) is 0 Å². The van der Waals surface area contributed by atoms with Crippen LogP contribution in [0.1, 0.15) is 0 Å². The molecule has 0 heterocycles. The van der Waals surface area contributed by atoms with E-state index in [9.17, 15) is 0 Å². The first-order valence-corrected chi connectivity index (χ1v) is 0. The van der Waals surface area contributed by atoms with Gasteiger partial charge < -0.3 is 0 Å². The fourth-order valence-electron chi connectivity index (χ4n) is 0. The zero-order valence-electron chi connectivity index (χ0n) is 2.14. The molecule has 0 atom stereocenters. The summed E-state index contributed by atoms with van der Waals surface area (Å²) in [4.78, 5) is 0. The monoisotopic (exact) mass is 135 g/mol. The minimum atomic E-state index is 0. The Kier molecular flexibility index (Phi) is 180. The van der Waals surface area contributed by atoms with Crippen molar-refractivity contribution in [2.75, 3.05) is 0 Å². The van der Waals surface area contributed by atoms with Gasteiger partial charge in [0.2, 0.25) is 0 Å². The summed E-state index contributed by atoms with van der Waals surface area (Å²) in [7, 11) is 0. The van der Waals surface area contributed by atoms with E-state index in [-0.39, 0.29) is 74.2 Å². The van der Waals surface area contributed by atoms with Crippen LogP contribution in [0.4, 0.5) is 0 Å². The summed E-state index contributed by atoms with van der Waals surface area (Å²) < 4.78 is 0. The molecule has 0 nitrogen and oxygen atoms in total. The average molecular weight is 135 g/mol. The van der Waals surface area contributed by atoms with Crippen LogP contribution in [0.15, 0.2) is 0 Å². The molecule has 0 aromatic heterocycles. The third kappa shape index (κ3) is 8.96. The summed E-state index contributed by atoms with van der Waals surface area (Å²) in [5, 5.41) is 0. The minimum absolute atomic E-state index is 0. The number of rotatable bonds is 0. The standard InChI is InChI=1S/B.Ca.Fe.Si. The molecule has 0 spiro atoms. The molecule has 0 aliphatic heterocycles. The van der Waals surface area contributed by atoms with Gasteiger partial charge >= 0.3 is 0 Å². The first kappa shape index (κ1) is 36.5. The van der Waals surface area contributed by atoms with Crippen molar-refractivity contribution in [1.82, 2.24) is 0 Å². The first-order valence-electron chi connectivity index (χ1n) is 0. The van der Waals surface area contributed by atoms with Crippen LogP contribution in [0, 0.1) is 0 Å². The third-order valence-corrected chi connectivity index (χ3v) is 0. The van der Waals surface area contributed by atoms with E-state index in [1.165, 1.54) is 0 Å². The van der Waals surface area contributed by atoms with Gasteiger partial charge in [-0.25, -0.2) is 0 Å². The second kappa shape index (κ2) is 19.6. The predicted molar refractivity (Wildman–Crippen MR) is 17.3 cm³/mol. The van der Waals surface area contributed by atoms with Crippen LogP contribution in [0.25, 0.3) is 0 Å². The molecule has 0 aliphatic carbocycles. The van der Waals surface area contributed by atoms with Crippen molar-refractivity contribution in [3.05, 3.63) is 0 Å². The van der Waals surface area contributed by atoms with E-state index in [4.69, 9.17) is 0 Å². The molecule has 0 bridgehead atoms. The van der Waals surface area contributed by atoms with Crippen LogP contribution < -0.4 is 0 Å². The molecule has 4 heteroatoms. The molecule has 0 fully saturated rings. The quantitative estimate of drug-likeness (QED) is 0.368. The van der Waals surface area contributed by atoms with Crippen LogP contribution in [-0.4, -0.2) is 57.1 Å². The third-order valence-electron chi connectivity index (χ3n) is 0. The van der Waals surface area contributed by atoms with Gasteiger partial charge in [0.05, 0.1) is 0 Å². The SMILES string of the molecule is [B].[Ca].[Fe].[Si]. The van der Waals surface area contributed by atoms with E-state index in [1.807, 2.05) is 0 Å². The van der Waals surface area contributed by atoms with E-state index in [1.54, 1.807) is 0 Å². The average Bonchev–Trinajstić information content (AvgIpc) is 0. The maximum absolute atomic E-state index is 0. The first-order chi connectivity index (χ1) is 0. The molecule has 0 rings (SSSR count). The minimum Gasteiger partial charge on any atom is 0 e. The van der Waals surface area contributed by atoms with Gasteiger partial charge in [-0.05, 0) is 0 Å². The van der Waals surface area contributed by atoms with Crippen molar-refractivity contribution in [3.63, 3.8) is 0 Å². The molecule has 0 N–H and O–H groups in total. The van der Waals surface area contributed by atoms with Gasteiger partial charge in [-0.1, -0.05) is 0 Å². The van der Waals surface area contributed by atoms with Crippen LogP contribution in [0.5, 0.6) is 0 Å². The van der Waals surface area contributed by atoms with Crippen LogP contribution in [-0.2, 0) is 17.1 Å². The Labute approximate surface area is 73.2 Å². The maximum Gasteiger partial charge on any atom is 0 e. The molecule has 0 aromatic carbocycles. The van der Waals surface area contributed by atoms with Gasteiger partial charge in [0.25, 0.3) is 0 Å². The van der Waals surface area contributed by atoms with Crippen LogP contribution >= 0.6 is 0 Å². The summed E-state index contributed by atoms with van der Waals surface area (Å²) >= 11 is 0. The summed E-state index contributed by atoms with van der Waals surface area (Å²) in [5.41, 5.74) is 0. The Hall–Kier alpha value is 2.06. The fourth-order valence-corrected chi connectivity index (χ4v) is 0. The van der Waals surface area contributed by atoms with Crippen molar-refractivity contribution in [2.45, 2.75) is 0 Å². The van der Waals surface area contributed by atoms with Crippen molar-refractivity contribution in [2.24, 2.45) is 0 Å². The van der Waals surface area contributed by atoms with Gasteiger partial charge in [0.15, 0.2) is 0 Å². The number of hydrogen-bond acceptors (Lipinski definition) is 0. The maximum atomic E-state index is 0. The van der Waals surface area contributed by atoms with E-state index in [0.717, 1.165) is 0 Å². The molecular formula is BCaFeSi. The zero-order chi connectivity index (χ0) is 0. The smallest absolute Gasteiger partial charge is 0 e. The fraction of sp³-hybridized carbons (Fsp3) is 0. The second-order valence-corrected chi connectivity index (χ2v) is 0. The summed E-state index contributed by atoms with van der Waals surface area (Å²) in [6.45, 7) is 0. The van der Waals surface area contributed by atoms with Crippen LogP contribution in [0.2, 0.25) is 0 Å². The molecule has 0 saturated heterocycles. The van der Waals surface area contributed by atoms with Crippen molar-refractivity contribution >= 4 is 57.1 Å². The molecule has 0 aromatic rings. The van der Waals surface area contributed by atoms with Crippen molar-refractivity contribution in [3.8, 4) is 0 Å². The summed E-state index contributed by atoms with van der Waals surface area (Å²) in [6, 6.07) is 0. The Bertz CT molecular complexity index is 8.00. The van der Waals surface area contributed by atoms with Gasteiger partial charge in [-0.2, -0.15) is 0 Å². The molecule has 0 unspecified atom stereocenters. The Morgan fingerprint density at radius 1 is 1.00 bits per heavy atom. The van der Waals surface area contributed by atoms with Gasteiger partial charge in [-0.3, -0.25) is 0 Å². The van der Waals surface area contributed by atoms with Gasteiger partial charge in [0.1, 0.15) is 0 Å². The molecule has 0 amide bonds. The largest absolute Gasteiger partial charge is 0 e. The van der Waals surface area contributed by atoms with Crippen molar-refractivity contribution < 1.29 is 17.1 Å². The van der Waals surface area contributed by atoms with Gasteiger partial charge in [0, 0.05) is 74.2 Å². The molecule has 0 saturated carbocycles. The second-order valence-electron chi connectivity index (χ2n) is 0. The van der Waals surface area contributed by atoms with E-state index in [0.29, 0.717) is 0 Å². The Morgan fingerprint density at radius 3 is 1.00 bits per heavy atom. The number of hydrogen-bond donors (Lipinski definition) is 0. The predicted octanol–water partition coefficient (Wildman–Crippen LogP) is -1.14. The molecular weight excluding hydrogens is 135 g/mol. The zero-order valence-corrected chi connectivity index (χ0v) is 6.45. The van der Waals surface area contributed by atoms with Crippen molar-refractivity contribution in [1.29, 1.82) is 0 Å². The van der Waals surface area contributed by atoms with E-state index < -0.39 is 0 Å². The molecule has 4 heavy (non-hydrogen) atoms. The van der Waals surface area contributed by atoms with Gasteiger partial charge in [-0.15, -0.1) is 0 Å².